The Morgan fingerprint density at radius 2 is 2.22 bits per heavy atom. The molecule has 0 bridgehead atoms. The van der Waals surface area contributed by atoms with Gasteiger partial charge in [0.1, 0.15) is 0 Å². The summed E-state index contributed by atoms with van der Waals surface area (Å²) < 4.78 is 5.02. The SMILES string of the molecule is COCCN(CCO)Cc1ccc(C#N)cc1Cl. The average molecular weight is 269 g/mol. The maximum atomic E-state index is 9.01. The van der Waals surface area contributed by atoms with Gasteiger partial charge in [-0.1, -0.05) is 17.7 Å². The number of methoxy groups -OCH3 is 1. The van der Waals surface area contributed by atoms with E-state index in [1.165, 1.54) is 0 Å². The first-order valence-corrected chi connectivity index (χ1v) is 6.09. The molecule has 0 amide bonds. The summed E-state index contributed by atoms with van der Waals surface area (Å²) in [5.74, 6) is 0. The van der Waals surface area contributed by atoms with Crippen molar-refractivity contribution in [3.63, 3.8) is 0 Å². The lowest BCUT2D eigenvalue weighted by Gasteiger charge is -2.21. The molecule has 0 fully saturated rings. The number of hydrogen-bond donors (Lipinski definition) is 1. The molecule has 0 atom stereocenters. The Labute approximate surface area is 112 Å². The van der Waals surface area contributed by atoms with E-state index >= 15 is 0 Å². The maximum absolute atomic E-state index is 9.01. The van der Waals surface area contributed by atoms with Crippen LogP contribution in [0.1, 0.15) is 11.1 Å². The third-order valence-electron chi connectivity index (χ3n) is 2.60. The zero-order chi connectivity index (χ0) is 13.4. The molecule has 1 aromatic carbocycles. The first-order valence-electron chi connectivity index (χ1n) is 5.72. The minimum absolute atomic E-state index is 0.0949. The van der Waals surface area contributed by atoms with Crippen LogP contribution in [0.3, 0.4) is 0 Å². The molecule has 98 valence electrons. The maximum Gasteiger partial charge on any atom is 0.0992 e. The fourth-order valence-electron chi connectivity index (χ4n) is 1.62. The van der Waals surface area contributed by atoms with Gasteiger partial charge >= 0.3 is 0 Å². The van der Waals surface area contributed by atoms with Crippen LogP contribution >= 0.6 is 11.6 Å². The van der Waals surface area contributed by atoms with E-state index in [-0.39, 0.29) is 6.61 Å². The Morgan fingerprint density at radius 3 is 2.78 bits per heavy atom. The lowest BCUT2D eigenvalue weighted by molar-refractivity contribution is 0.127. The van der Waals surface area contributed by atoms with Crippen molar-refractivity contribution in [1.82, 2.24) is 4.90 Å². The number of nitrogens with zero attached hydrogens (tertiary/aromatic N) is 2. The summed E-state index contributed by atoms with van der Waals surface area (Å²) >= 11 is 6.11. The van der Waals surface area contributed by atoms with E-state index in [9.17, 15) is 0 Å². The Kier molecular flexibility index (Phi) is 6.69. The molecule has 1 aromatic rings. The van der Waals surface area contributed by atoms with Gasteiger partial charge in [0.15, 0.2) is 0 Å². The summed E-state index contributed by atoms with van der Waals surface area (Å²) in [6.45, 7) is 2.63. The van der Waals surface area contributed by atoms with Gasteiger partial charge in [-0.15, -0.1) is 0 Å². The van der Waals surface area contributed by atoms with E-state index in [0.717, 1.165) is 12.1 Å². The van der Waals surface area contributed by atoms with Crippen molar-refractivity contribution < 1.29 is 9.84 Å². The zero-order valence-electron chi connectivity index (χ0n) is 10.4. The van der Waals surface area contributed by atoms with Crippen LogP contribution in [-0.2, 0) is 11.3 Å². The third-order valence-corrected chi connectivity index (χ3v) is 2.96. The molecule has 0 unspecified atom stereocenters. The molecular weight excluding hydrogens is 252 g/mol. The first-order chi connectivity index (χ1) is 8.71. The predicted octanol–water partition coefficient (Wildman–Crippen LogP) is 1.65. The molecule has 0 spiro atoms. The van der Waals surface area contributed by atoms with Crippen LogP contribution in [0.4, 0.5) is 0 Å². The van der Waals surface area contributed by atoms with Gasteiger partial charge in [0.05, 0.1) is 24.8 Å². The van der Waals surface area contributed by atoms with Crippen LogP contribution in [0.5, 0.6) is 0 Å². The van der Waals surface area contributed by atoms with Crippen LogP contribution in [0, 0.1) is 11.3 Å². The van der Waals surface area contributed by atoms with Crippen LogP contribution in [0.25, 0.3) is 0 Å². The number of benzene rings is 1. The number of rotatable bonds is 7. The molecule has 0 heterocycles. The summed E-state index contributed by atoms with van der Waals surface area (Å²) in [6.07, 6.45) is 0. The van der Waals surface area contributed by atoms with Crippen molar-refractivity contribution in [2.24, 2.45) is 0 Å². The quantitative estimate of drug-likeness (QED) is 0.817. The van der Waals surface area contributed by atoms with Crippen molar-refractivity contribution >= 4 is 11.6 Å². The Morgan fingerprint density at radius 1 is 1.44 bits per heavy atom. The second kappa shape index (κ2) is 8.06. The zero-order valence-corrected chi connectivity index (χ0v) is 11.2. The number of aliphatic hydroxyl groups is 1. The molecule has 0 aliphatic heterocycles. The lowest BCUT2D eigenvalue weighted by atomic mass is 10.1. The number of nitriles is 1. The second-order valence-corrected chi connectivity index (χ2v) is 4.32. The van der Waals surface area contributed by atoms with Gasteiger partial charge in [-0.05, 0) is 17.7 Å². The number of hydrogen-bond acceptors (Lipinski definition) is 4. The summed E-state index contributed by atoms with van der Waals surface area (Å²) in [5, 5.41) is 18.4. The standard InChI is InChI=1S/C13H17ClN2O2/c1-18-7-5-16(4-6-17)10-12-3-2-11(9-15)8-13(12)14/h2-3,8,17H,4-7,10H2,1H3. The topological polar surface area (TPSA) is 56.5 Å². The smallest absolute Gasteiger partial charge is 0.0992 e. The molecule has 0 aliphatic rings. The molecular formula is C13H17ClN2O2. The molecule has 0 aromatic heterocycles. The van der Waals surface area contributed by atoms with Gasteiger partial charge in [-0.25, -0.2) is 0 Å². The van der Waals surface area contributed by atoms with E-state index in [0.29, 0.717) is 30.3 Å². The van der Waals surface area contributed by atoms with E-state index in [2.05, 4.69) is 4.90 Å². The Balaban J connectivity index is 2.71. The largest absolute Gasteiger partial charge is 0.395 e. The van der Waals surface area contributed by atoms with Crippen LogP contribution in [0.2, 0.25) is 5.02 Å². The summed E-state index contributed by atoms with van der Waals surface area (Å²) in [7, 11) is 1.64. The van der Waals surface area contributed by atoms with E-state index in [4.69, 9.17) is 26.7 Å². The predicted molar refractivity (Wildman–Crippen MR) is 70.4 cm³/mol. The monoisotopic (exact) mass is 268 g/mol. The molecule has 0 radical (unpaired) electrons. The highest BCUT2D eigenvalue weighted by molar-refractivity contribution is 6.31. The first kappa shape index (κ1) is 14.9. The Bertz CT molecular complexity index is 418. The van der Waals surface area contributed by atoms with Gasteiger partial charge in [0.25, 0.3) is 0 Å². The highest BCUT2D eigenvalue weighted by atomic mass is 35.5. The van der Waals surface area contributed by atoms with Gasteiger partial charge in [0, 0.05) is 31.8 Å². The molecule has 0 aliphatic carbocycles. The Hall–Kier alpha value is -1.12. The summed E-state index contributed by atoms with van der Waals surface area (Å²) in [5.41, 5.74) is 1.49. The normalized spacial score (nSPS) is 10.6. The van der Waals surface area contributed by atoms with E-state index in [1.807, 2.05) is 12.1 Å². The minimum atomic E-state index is 0.0949. The van der Waals surface area contributed by atoms with Crippen molar-refractivity contribution in [2.45, 2.75) is 6.54 Å². The van der Waals surface area contributed by atoms with Gasteiger partial charge in [-0.3, -0.25) is 4.90 Å². The van der Waals surface area contributed by atoms with Crippen molar-refractivity contribution in [1.29, 1.82) is 5.26 Å². The second-order valence-electron chi connectivity index (χ2n) is 3.91. The average Bonchev–Trinajstić information content (AvgIpc) is 2.38. The van der Waals surface area contributed by atoms with Crippen LogP contribution < -0.4 is 0 Å². The fourth-order valence-corrected chi connectivity index (χ4v) is 1.86. The highest BCUT2D eigenvalue weighted by Crippen LogP contribution is 2.19. The molecule has 1 rings (SSSR count). The summed E-state index contributed by atoms with van der Waals surface area (Å²) in [6, 6.07) is 7.30. The van der Waals surface area contributed by atoms with Crippen LogP contribution in [-0.4, -0.2) is 43.4 Å². The van der Waals surface area contributed by atoms with Gasteiger partial charge < -0.3 is 9.84 Å². The minimum Gasteiger partial charge on any atom is -0.395 e. The molecule has 4 nitrogen and oxygen atoms in total. The number of halogens is 1. The molecule has 5 heteroatoms. The lowest BCUT2D eigenvalue weighted by Crippen LogP contribution is -2.29. The van der Waals surface area contributed by atoms with E-state index < -0.39 is 0 Å². The highest BCUT2D eigenvalue weighted by Gasteiger charge is 2.08. The van der Waals surface area contributed by atoms with E-state index in [1.54, 1.807) is 19.2 Å². The van der Waals surface area contributed by atoms with Gasteiger partial charge in [-0.2, -0.15) is 5.26 Å². The molecule has 0 saturated carbocycles. The van der Waals surface area contributed by atoms with Crippen molar-refractivity contribution in [2.75, 3.05) is 33.4 Å². The number of ether oxygens (including phenoxy) is 1. The van der Waals surface area contributed by atoms with Gasteiger partial charge in [0.2, 0.25) is 0 Å². The van der Waals surface area contributed by atoms with Crippen molar-refractivity contribution in [3.8, 4) is 6.07 Å². The summed E-state index contributed by atoms with van der Waals surface area (Å²) in [4.78, 5) is 2.05. The van der Waals surface area contributed by atoms with Crippen LogP contribution in [0.15, 0.2) is 18.2 Å². The number of aliphatic hydroxyl groups excluding tert-OH is 1. The molecule has 1 N–H and O–H groups in total. The molecule has 0 saturated heterocycles. The third kappa shape index (κ3) is 4.63. The van der Waals surface area contributed by atoms with Crippen molar-refractivity contribution in [3.05, 3.63) is 34.3 Å². The molecule has 18 heavy (non-hydrogen) atoms. The fraction of sp³-hybridized carbons (Fsp3) is 0.462.